The van der Waals surface area contributed by atoms with E-state index in [0.717, 1.165) is 30.6 Å². The average molecular weight is 262 g/mol. The smallest absolute Gasteiger partial charge is 0.0624 e. The van der Waals surface area contributed by atoms with E-state index >= 15 is 0 Å². The Morgan fingerprint density at radius 1 is 1.42 bits per heavy atom. The van der Waals surface area contributed by atoms with Gasteiger partial charge in [-0.15, -0.1) is 0 Å². The Morgan fingerprint density at radius 3 is 2.63 bits per heavy atom. The van der Waals surface area contributed by atoms with Crippen LogP contribution >= 0.6 is 0 Å². The summed E-state index contributed by atoms with van der Waals surface area (Å²) in [5.74, 6) is 8.50. The quantitative estimate of drug-likeness (QED) is 0.628. The van der Waals surface area contributed by atoms with Gasteiger partial charge in [0, 0.05) is 25.2 Å². The largest absolute Gasteiger partial charge is 0.272 e. The van der Waals surface area contributed by atoms with Crippen LogP contribution in [0.3, 0.4) is 0 Å². The van der Waals surface area contributed by atoms with E-state index in [2.05, 4.69) is 23.5 Å². The number of hydrazine groups is 1. The van der Waals surface area contributed by atoms with Crippen molar-refractivity contribution in [3.05, 3.63) is 17.5 Å². The van der Waals surface area contributed by atoms with E-state index in [1.54, 1.807) is 0 Å². The zero-order valence-electron chi connectivity index (χ0n) is 12.1. The molecule has 0 amide bonds. The molecule has 3 N–H and O–H groups in total. The van der Waals surface area contributed by atoms with E-state index in [-0.39, 0.29) is 0 Å². The Morgan fingerprint density at radius 2 is 2.11 bits per heavy atom. The summed E-state index contributed by atoms with van der Waals surface area (Å²) < 4.78 is 2.02. The topological polar surface area (TPSA) is 55.9 Å². The van der Waals surface area contributed by atoms with Crippen LogP contribution in [0.4, 0.5) is 0 Å². The summed E-state index contributed by atoms with van der Waals surface area (Å²) in [7, 11) is 2.04. The highest BCUT2D eigenvalue weighted by molar-refractivity contribution is 5.14. The van der Waals surface area contributed by atoms with Crippen LogP contribution in [0.25, 0.3) is 0 Å². The fourth-order valence-electron chi connectivity index (χ4n) is 4.11. The highest BCUT2D eigenvalue weighted by Crippen LogP contribution is 2.57. The van der Waals surface area contributed by atoms with E-state index in [4.69, 9.17) is 5.84 Å². The van der Waals surface area contributed by atoms with Gasteiger partial charge in [-0.2, -0.15) is 5.10 Å². The molecular weight excluding hydrogens is 236 g/mol. The Labute approximate surface area is 115 Å². The normalized spacial score (nSPS) is 31.0. The Hall–Kier alpha value is -0.870. The Balaban J connectivity index is 1.68. The lowest BCUT2D eigenvalue weighted by molar-refractivity contribution is 0.427. The van der Waals surface area contributed by atoms with Crippen molar-refractivity contribution in [1.82, 2.24) is 15.2 Å². The van der Waals surface area contributed by atoms with Crippen LogP contribution in [-0.4, -0.2) is 15.8 Å². The molecule has 3 atom stereocenters. The molecule has 1 aromatic heterocycles. The fourth-order valence-corrected chi connectivity index (χ4v) is 4.11. The molecule has 0 saturated heterocycles. The summed E-state index contributed by atoms with van der Waals surface area (Å²) in [6, 6.07) is 2.66. The molecular formula is C15H26N4. The SMILES string of the molecule is CCc1cc(CC(NN)C2C3CCCCC32)n(C)n1. The third-order valence-electron chi connectivity index (χ3n) is 5.22. The van der Waals surface area contributed by atoms with Gasteiger partial charge in [-0.3, -0.25) is 16.0 Å². The molecule has 0 spiro atoms. The van der Waals surface area contributed by atoms with Crippen LogP contribution in [0.5, 0.6) is 0 Å². The van der Waals surface area contributed by atoms with Gasteiger partial charge in [0.25, 0.3) is 0 Å². The molecule has 2 saturated carbocycles. The molecule has 0 aromatic carbocycles. The summed E-state index contributed by atoms with van der Waals surface area (Å²) >= 11 is 0. The molecule has 106 valence electrons. The van der Waals surface area contributed by atoms with Crippen LogP contribution < -0.4 is 11.3 Å². The minimum Gasteiger partial charge on any atom is -0.272 e. The van der Waals surface area contributed by atoms with Crippen LogP contribution in [0.2, 0.25) is 0 Å². The molecule has 2 aliphatic rings. The van der Waals surface area contributed by atoms with Gasteiger partial charge in [0.05, 0.1) is 5.69 Å². The van der Waals surface area contributed by atoms with E-state index in [0.29, 0.717) is 6.04 Å². The van der Waals surface area contributed by atoms with Gasteiger partial charge in [0.2, 0.25) is 0 Å². The highest BCUT2D eigenvalue weighted by atomic mass is 15.3. The van der Waals surface area contributed by atoms with Gasteiger partial charge in [-0.25, -0.2) is 0 Å². The molecule has 4 nitrogen and oxygen atoms in total. The predicted molar refractivity (Wildman–Crippen MR) is 76.3 cm³/mol. The van der Waals surface area contributed by atoms with Gasteiger partial charge in [-0.05, 0) is 43.1 Å². The van der Waals surface area contributed by atoms with Crippen molar-refractivity contribution in [1.29, 1.82) is 0 Å². The first kappa shape index (κ1) is 13.1. The van der Waals surface area contributed by atoms with Gasteiger partial charge < -0.3 is 0 Å². The minimum absolute atomic E-state index is 0.424. The van der Waals surface area contributed by atoms with Crippen molar-refractivity contribution in [2.24, 2.45) is 30.6 Å². The van der Waals surface area contributed by atoms with Crippen molar-refractivity contribution in [3.63, 3.8) is 0 Å². The molecule has 2 aliphatic carbocycles. The number of fused-ring (bicyclic) bond motifs is 1. The number of hydrogen-bond donors (Lipinski definition) is 2. The van der Waals surface area contributed by atoms with Crippen LogP contribution in [0, 0.1) is 17.8 Å². The van der Waals surface area contributed by atoms with Crippen LogP contribution in [0.15, 0.2) is 6.07 Å². The van der Waals surface area contributed by atoms with Gasteiger partial charge >= 0.3 is 0 Å². The minimum atomic E-state index is 0.424. The van der Waals surface area contributed by atoms with E-state index < -0.39 is 0 Å². The van der Waals surface area contributed by atoms with Crippen molar-refractivity contribution in [2.75, 3.05) is 0 Å². The number of rotatable bonds is 5. The number of aromatic nitrogens is 2. The maximum Gasteiger partial charge on any atom is 0.0624 e. The van der Waals surface area contributed by atoms with Gasteiger partial charge in [0.1, 0.15) is 0 Å². The first-order chi connectivity index (χ1) is 9.24. The molecule has 3 rings (SSSR count). The summed E-state index contributed by atoms with van der Waals surface area (Å²) in [4.78, 5) is 0. The second-order valence-corrected chi connectivity index (χ2v) is 6.27. The molecule has 2 fully saturated rings. The second-order valence-electron chi connectivity index (χ2n) is 6.27. The monoisotopic (exact) mass is 262 g/mol. The zero-order chi connectivity index (χ0) is 13.4. The third kappa shape index (κ3) is 2.43. The summed E-state index contributed by atoms with van der Waals surface area (Å²) in [5, 5.41) is 4.54. The van der Waals surface area contributed by atoms with Crippen molar-refractivity contribution >= 4 is 0 Å². The van der Waals surface area contributed by atoms with E-state index in [9.17, 15) is 0 Å². The van der Waals surface area contributed by atoms with Crippen molar-refractivity contribution in [3.8, 4) is 0 Å². The molecule has 1 aromatic rings. The van der Waals surface area contributed by atoms with Crippen molar-refractivity contribution in [2.45, 2.75) is 51.5 Å². The van der Waals surface area contributed by atoms with Crippen molar-refractivity contribution < 1.29 is 0 Å². The summed E-state index contributed by atoms with van der Waals surface area (Å²) in [5.41, 5.74) is 5.57. The Bertz CT molecular complexity index is 427. The molecule has 19 heavy (non-hydrogen) atoms. The van der Waals surface area contributed by atoms with Gasteiger partial charge in [-0.1, -0.05) is 19.8 Å². The fraction of sp³-hybridized carbons (Fsp3) is 0.800. The lowest BCUT2D eigenvalue weighted by Crippen LogP contribution is -2.39. The molecule has 0 bridgehead atoms. The third-order valence-corrected chi connectivity index (χ3v) is 5.22. The number of aryl methyl sites for hydroxylation is 2. The lowest BCUT2D eigenvalue weighted by atomic mass is 10.0. The van der Waals surface area contributed by atoms with Crippen LogP contribution in [-0.2, 0) is 19.9 Å². The molecule has 0 aliphatic heterocycles. The van der Waals surface area contributed by atoms with E-state index in [1.807, 2.05) is 11.7 Å². The molecule has 4 heteroatoms. The first-order valence-electron chi connectivity index (χ1n) is 7.72. The standard InChI is InChI=1S/C15H26N4/c1-3-10-8-11(19(2)18-10)9-14(17-16)15-12-6-4-5-7-13(12)15/h8,12-15,17H,3-7,9,16H2,1-2H3. The number of nitrogens with zero attached hydrogens (tertiary/aromatic N) is 2. The molecule has 1 heterocycles. The zero-order valence-corrected chi connectivity index (χ0v) is 12.1. The van der Waals surface area contributed by atoms with Crippen LogP contribution in [0.1, 0.15) is 44.0 Å². The lowest BCUT2D eigenvalue weighted by Gasteiger charge is -2.16. The summed E-state index contributed by atoms with van der Waals surface area (Å²) in [6.07, 6.45) is 7.68. The van der Waals surface area contributed by atoms with Gasteiger partial charge in [0.15, 0.2) is 0 Å². The Kier molecular flexibility index (Phi) is 3.63. The first-order valence-corrected chi connectivity index (χ1v) is 7.72. The second kappa shape index (κ2) is 5.25. The highest BCUT2D eigenvalue weighted by Gasteiger charge is 2.53. The summed E-state index contributed by atoms with van der Waals surface area (Å²) in [6.45, 7) is 2.15. The van der Waals surface area contributed by atoms with E-state index in [1.165, 1.54) is 37.1 Å². The average Bonchev–Trinajstić information content (AvgIpc) is 3.05. The predicted octanol–water partition coefficient (Wildman–Crippen LogP) is 1.79. The molecule has 3 unspecified atom stereocenters. The number of nitrogens with one attached hydrogen (secondary N) is 1. The molecule has 0 radical (unpaired) electrons. The maximum absolute atomic E-state index is 5.83. The number of hydrogen-bond acceptors (Lipinski definition) is 3. The number of nitrogens with two attached hydrogens (primary N) is 1. The maximum atomic E-state index is 5.83.